The monoisotopic (exact) mass is 612 g/mol. The number of hydrogen-bond acceptors (Lipinski definition) is 3. The molecule has 0 amide bonds. The smallest absolute Gasteiger partial charge is 0.374 e. The summed E-state index contributed by atoms with van der Waals surface area (Å²) >= 11 is 0. The lowest BCUT2D eigenvalue weighted by Gasteiger charge is -2.15. The van der Waals surface area contributed by atoms with Gasteiger partial charge in [0, 0.05) is 12.6 Å². The number of ether oxygens (including phenoxy) is 1. The molecular weight excluding hydrogens is 583 g/mol. The second kappa shape index (κ2) is 11.3. The standard InChI is InChI=1S/C33H29N2O2.HI/c1-3-34-28-22-26(24-12-7-5-8-13-24)18-20-30(28)36-32(34)16-11-17-33-35(4-2)29-23-27(19-21-31(29)37-33)25-14-9-6-10-15-25;/h5-23H,3-4H2,1-2H3;1H/q+1;/p-1. The van der Waals surface area contributed by atoms with E-state index < -0.39 is 0 Å². The van der Waals surface area contributed by atoms with Crippen LogP contribution in [0.2, 0.25) is 0 Å². The van der Waals surface area contributed by atoms with Crippen molar-refractivity contribution in [3.05, 3.63) is 121 Å². The molecule has 4 nitrogen and oxygen atoms in total. The van der Waals surface area contributed by atoms with Crippen LogP contribution in [-0.4, -0.2) is 6.54 Å². The van der Waals surface area contributed by atoms with Gasteiger partial charge in [-0.25, -0.2) is 0 Å². The molecule has 0 bridgehead atoms. The number of fused-ring (bicyclic) bond motifs is 2. The molecule has 0 saturated carbocycles. The van der Waals surface area contributed by atoms with Gasteiger partial charge in [-0.3, -0.25) is 0 Å². The summed E-state index contributed by atoms with van der Waals surface area (Å²) in [7, 11) is 0. The van der Waals surface area contributed by atoms with Crippen LogP contribution in [0.15, 0.2) is 120 Å². The lowest BCUT2D eigenvalue weighted by molar-refractivity contribution is -0.674. The third kappa shape index (κ3) is 4.86. The summed E-state index contributed by atoms with van der Waals surface area (Å²) in [4.78, 5) is 2.20. The molecule has 0 atom stereocenters. The highest BCUT2D eigenvalue weighted by Gasteiger charge is 2.25. The first-order chi connectivity index (χ1) is 18.2. The summed E-state index contributed by atoms with van der Waals surface area (Å²) in [6.45, 7) is 5.90. The van der Waals surface area contributed by atoms with E-state index in [-0.39, 0.29) is 24.0 Å². The van der Waals surface area contributed by atoms with E-state index in [1.165, 1.54) is 22.3 Å². The predicted molar refractivity (Wildman–Crippen MR) is 150 cm³/mol. The molecule has 0 fully saturated rings. The zero-order valence-corrected chi connectivity index (χ0v) is 23.6. The molecule has 4 aromatic carbocycles. The highest BCUT2D eigenvalue weighted by Crippen LogP contribution is 2.41. The van der Waals surface area contributed by atoms with Crippen molar-refractivity contribution in [3.63, 3.8) is 0 Å². The second-order valence-corrected chi connectivity index (χ2v) is 8.99. The van der Waals surface area contributed by atoms with E-state index in [9.17, 15) is 0 Å². The first kappa shape index (κ1) is 25.8. The zero-order chi connectivity index (χ0) is 25.2. The quantitative estimate of drug-likeness (QED) is 0.203. The van der Waals surface area contributed by atoms with Crippen LogP contribution in [0.1, 0.15) is 19.7 Å². The number of anilines is 1. The molecule has 1 aliphatic heterocycles. The van der Waals surface area contributed by atoms with Crippen LogP contribution >= 0.6 is 0 Å². The topological polar surface area (TPSA) is 29.5 Å². The second-order valence-electron chi connectivity index (χ2n) is 8.99. The van der Waals surface area contributed by atoms with Crippen molar-refractivity contribution in [2.75, 3.05) is 11.4 Å². The lowest BCUT2D eigenvalue weighted by atomic mass is 10.0. The van der Waals surface area contributed by atoms with Crippen molar-refractivity contribution in [2.45, 2.75) is 20.4 Å². The Balaban J connectivity index is 0.00000294. The molecule has 0 saturated heterocycles. The third-order valence-corrected chi connectivity index (χ3v) is 6.78. The summed E-state index contributed by atoms with van der Waals surface area (Å²) < 4.78 is 14.6. The Morgan fingerprint density at radius 1 is 0.763 bits per heavy atom. The predicted octanol–water partition coefficient (Wildman–Crippen LogP) is 4.85. The van der Waals surface area contributed by atoms with Gasteiger partial charge in [0.25, 0.3) is 5.52 Å². The summed E-state index contributed by atoms with van der Waals surface area (Å²) in [6.07, 6.45) is 6.02. The Hall–Kier alpha value is -3.84. The molecule has 0 spiro atoms. The highest BCUT2D eigenvalue weighted by atomic mass is 127. The van der Waals surface area contributed by atoms with E-state index in [1.807, 2.05) is 30.4 Å². The van der Waals surface area contributed by atoms with Crippen molar-refractivity contribution < 1.29 is 37.7 Å². The van der Waals surface area contributed by atoms with E-state index in [2.05, 4.69) is 108 Å². The maximum absolute atomic E-state index is 6.22. The Morgan fingerprint density at radius 2 is 1.42 bits per heavy atom. The molecule has 0 aliphatic carbocycles. The van der Waals surface area contributed by atoms with Gasteiger partial charge >= 0.3 is 5.89 Å². The van der Waals surface area contributed by atoms with Crippen LogP contribution in [0.5, 0.6) is 5.75 Å². The molecule has 1 aliphatic rings. The van der Waals surface area contributed by atoms with Gasteiger partial charge in [-0.05, 0) is 66.5 Å². The minimum absolute atomic E-state index is 0. The molecule has 0 N–H and O–H groups in total. The van der Waals surface area contributed by atoms with Crippen LogP contribution in [0.25, 0.3) is 39.4 Å². The number of rotatable bonds is 6. The van der Waals surface area contributed by atoms with Gasteiger partial charge in [-0.1, -0.05) is 72.8 Å². The Bertz CT molecular complexity index is 1620. The Kier molecular flexibility index (Phi) is 7.65. The number of halogens is 1. The summed E-state index contributed by atoms with van der Waals surface area (Å²) in [5, 5.41) is 0. The SMILES string of the molecule is CCN1/C(=C/C=C/c2oc3ccc(-c4ccccc4)cc3[n+]2CC)Oc2ccc(-c3ccccc3)cc21.[I-]. The van der Waals surface area contributed by atoms with Crippen molar-refractivity contribution >= 4 is 22.9 Å². The maximum Gasteiger partial charge on any atom is 0.374 e. The summed E-state index contributed by atoms with van der Waals surface area (Å²) in [6, 6.07) is 33.6. The van der Waals surface area contributed by atoms with E-state index >= 15 is 0 Å². The van der Waals surface area contributed by atoms with Gasteiger partial charge < -0.3 is 38.0 Å². The highest BCUT2D eigenvalue weighted by molar-refractivity contribution is 5.79. The van der Waals surface area contributed by atoms with Crippen molar-refractivity contribution in [1.29, 1.82) is 0 Å². The van der Waals surface area contributed by atoms with Gasteiger partial charge in [0.15, 0.2) is 5.75 Å². The van der Waals surface area contributed by atoms with Gasteiger partial charge in [0.05, 0.1) is 11.8 Å². The Morgan fingerprint density at radius 3 is 2.08 bits per heavy atom. The van der Waals surface area contributed by atoms with Gasteiger partial charge in [-0.2, -0.15) is 4.57 Å². The van der Waals surface area contributed by atoms with E-state index in [4.69, 9.17) is 9.15 Å². The number of oxazole rings is 1. The fourth-order valence-electron chi connectivity index (χ4n) is 4.94. The molecule has 0 unspecified atom stereocenters. The lowest BCUT2D eigenvalue weighted by Crippen LogP contribution is -3.00. The van der Waals surface area contributed by atoms with Crippen molar-refractivity contribution in [3.8, 4) is 28.0 Å². The minimum Gasteiger partial charge on any atom is -1.00 e. The fraction of sp³-hybridized carbons (Fsp3) is 0.121. The molecule has 6 rings (SSSR count). The van der Waals surface area contributed by atoms with E-state index in [0.717, 1.165) is 47.4 Å². The van der Waals surface area contributed by atoms with Gasteiger partial charge in [-0.15, -0.1) is 0 Å². The molecule has 5 heteroatoms. The molecule has 190 valence electrons. The molecular formula is C33H29IN2O2. The maximum atomic E-state index is 6.22. The van der Waals surface area contributed by atoms with Gasteiger partial charge in [0.2, 0.25) is 11.5 Å². The van der Waals surface area contributed by atoms with Crippen LogP contribution in [-0.2, 0) is 6.54 Å². The first-order valence-corrected chi connectivity index (χ1v) is 12.8. The minimum atomic E-state index is 0. The zero-order valence-electron chi connectivity index (χ0n) is 21.5. The number of hydrogen-bond donors (Lipinski definition) is 0. The number of benzene rings is 4. The van der Waals surface area contributed by atoms with Crippen LogP contribution < -0.4 is 38.2 Å². The molecule has 38 heavy (non-hydrogen) atoms. The van der Waals surface area contributed by atoms with Crippen LogP contribution in [0.3, 0.4) is 0 Å². The number of aromatic nitrogens is 1. The van der Waals surface area contributed by atoms with Crippen LogP contribution in [0, 0.1) is 0 Å². The number of aryl methyl sites for hydroxylation is 1. The summed E-state index contributed by atoms with van der Waals surface area (Å²) in [5.41, 5.74) is 7.81. The molecule has 1 aromatic heterocycles. The van der Waals surface area contributed by atoms with Crippen molar-refractivity contribution in [1.82, 2.24) is 0 Å². The van der Waals surface area contributed by atoms with Crippen molar-refractivity contribution in [2.24, 2.45) is 0 Å². The average Bonchev–Trinajstić information content (AvgIpc) is 3.49. The third-order valence-electron chi connectivity index (χ3n) is 6.78. The summed E-state index contributed by atoms with van der Waals surface area (Å²) in [5.74, 6) is 2.50. The average molecular weight is 613 g/mol. The van der Waals surface area contributed by atoms with E-state index in [1.54, 1.807) is 0 Å². The van der Waals surface area contributed by atoms with Crippen LogP contribution in [0.4, 0.5) is 5.69 Å². The number of allylic oxidation sites excluding steroid dienone is 2. The molecule has 0 radical (unpaired) electrons. The largest absolute Gasteiger partial charge is 1.00 e. The first-order valence-electron chi connectivity index (χ1n) is 12.8. The van der Waals surface area contributed by atoms with Gasteiger partial charge in [0.1, 0.15) is 6.54 Å². The fourth-order valence-corrected chi connectivity index (χ4v) is 4.94. The van der Waals surface area contributed by atoms with E-state index in [0.29, 0.717) is 0 Å². The normalized spacial score (nSPS) is 13.6. The molecule has 2 heterocycles. The number of nitrogens with zero attached hydrogens (tertiary/aromatic N) is 2. The molecule has 5 aromatic rings. The Labute approximate surface area is 240 Å².